The predicted octanol–water partition coefficient (Wildman–Crippen LogP) is 2.84. The molecule has 0 atom stereocenters. The van der Waals surface area contributed by atoms with Gasteiger partial charge in [0, 0.05) is 13.2 Å². The lowest BCUT2D eigenvalue weighted by molar-refractivity contribution is 0.793. The second kappa shape index (κ2) is 5.04. The molecule has 2 aromatic rings. The lowest BCUT2D eigenvalue weighted by Gasteiger charge is -2.10. The first kappa shape index (κ1) is 11.7. The molecule has 0 bridgehead atoms. The number of nitrogens with zero attached hydrogens (tertiary/aromatic N) is 2. The van der Waals surface area contributed by atoms with Gasteiger partial charge in [-0.15, -0.1) is 0 Å². The second-order valence-corrected chi connectivity index (χ2v) is 4.21. The molecular weight excluding hydrogens is 210 g/mol. The fraction of sp³-hybridized carbons (Fsp3) is 0.357. The van der Waals surface area contributed by atoms with E-state index >= 15 is 0 Å². The van der Waals surface area contributed by atoms with Gasteiger partial charge < -0.3 is 9.88 Å². The Labute approximate surface area is 103 Å². The Hall–Kier alpha value is -1.77. The maximum Gasteiger partial charge on any atom is 0.203 e. The van der Waals surface area contributed by atoms with Crippen LogP contribution in [0.25, 0.3) is 0 Å². The van der Waals surface area contributed by atoms with E-state index in [1.807, 2.05) is 14.0 Å². The molecule has 0 aliphatic heterocycles. The van der Waals surface area contributed by atoms with Crippen LogP contribution in [0, 0.1) is 6.92 Å². The highest BCUT2D eigenvalue weighted by Gasteiger charge is 2.06. The fourth-order valence-corrected chi connectivity index (χ4v) is 2.11. The summed E-state index contributed by atoms with van der Waals surface area (Å²) in [5.74, 6) is 0.924. The summed E-state index contributed by atoms with van der Waals surface area (Å²) < 4.78 is 2.16. The first-order chi connectivity index (χ1) is 8.24. The molecule has 3 heteroatoms. The van der Waals surface area contributed by atoms with Gasteiger partial charge in [0.15, 0.2) is 0 Å². The van der Waals surface area contributed by atoms with Crippen molar-refractivity contribution in [3.63, 3.8) is 0 Å². The van der Waals surface area contributed by atoms with Crippen LogP contribution >= 0.6 is 0 Å². The van der Waals surface area contributed by atoms with E-state index < -0.39 is 0 Å². The van der Waals surface area contributed by atoms with Gasteiger partial charge in [0.25, 0.3) is 0 Å². The van der Waals surface area contributed by atoms with Crippen molar-refractivity contribution in [3.8, 4) is 0 Å². The standard InChI is InChI=1S/C14H19N3/c1-4-12-7-5-6-8-13(12)10-17-9-11(2)16-14(17)15-3/h5-9H,4,10H2,1-3H3,(H,15,16). The molecule has 0 aliphatic carbocycles. The molecule has 3 nitrogen and oxygen atoms in total. The molecule has 90 valence electrons. The Morgan fingerprint density at radius 1 is 1.24 bits per heavy atom. The third kappa shape index (κ3) is 2.49. The normalized spacial score (nSPS) is 10.5. The summed E-state index contributed by atoms with van der Waals surface area (Å²) in [5.41, 5.74) is 3.81. The molecule has 0 fully saturated rings. The quantitative estimate of drug-likeness (QED) is 0.873. The third-order valence-electron chi connectivity index (χ3n) is 2.96. The van der Waals surface area contributed by atoms with Crippen LogP contribution in [-0.4, -0.2) is 16.6 Å². The maximum absolute atomic E-state index is 4.43. The average molecular weight is 229 g/mol. The third-order valence-corrected chi connectivity index (χ3v) is 2.96. The molecule has 17 heavy (non-hydrogen) atoms. The average Bonchev–Trinajstić information content (AvgIpc) is 2.70. The van der Waals surface area contributed by atoms with Crippen molar-refractivity contribution < 1.29 is 0 Å². The van der Waals surface area contributed by atoms with Gasteiger partial charge in [0.2, 0.25) is 5.95 Å². The molecule has 1 N–H and O–H groups in total. The van der Waals surface area contributed by atoms with Gasteiger partial charge >= 0.3 is 0 Å². The van der Waals surface area contributed by atoms with Gasteiger partial charge in [-0.1, -0.05) is 31.2 Å². The van der Waals surface area contributed by atoms with Crippen LogP contribution < -0.4 is 5.32 Å². The first-order valence-electron chi connectivity index (χ1n) is 6.03. The number of anilines is 1. The highest BCUT2D eigenvalue weighted by Crippen LogP contribution is 2.15. The van der Waals surface area contributed by atoms with E-state index in [4.69, 9.17) is 0 Å². The summed E-state index contributed by atoms with van der Waals surface area (Å²) in [4.78, 5) is 4.43. The van der Waals surface area contributed by atoms with Crippen molar-refractivity contribution in [3.05, 3.63) is 47.3 Å². The maximum atomic E-state index is 4.43. The molecule has 0 radical (unpaired) electrons. The lowest BCUT2D eigenvalue weighted by atomic mass is 10.1. The minimum absolute atomic E-state index is 0.876. The zero-order valence-corrected chi connectivity index (χ0v) is 10.7. The molecule has 0 saturated heterocycles. The number of aromatic nitrogens is 2. The number of hydrogen-bond donors (Lipinski definition) is 1. The summed E-state index contributed by atoms with van der Waals surface area (Å²) in [6.07, 6.45) is 3.15. The molecule has 0 amide bonds. The van der Waals surface area contributed by atoms with Crippen molar-refractivity contribution in [2.75, 3.05) is 12.4 Å². The monoisotopic (exact) mass is 229 g/mol. The van der Waals surface area contributed by atoms with Crippen molar-refractivity contribution in [1.82, 2.24) is 9.55 Å². The zero-order valence-electron chi connectivity index (χ0n) is 10.7. The lowest BCUT2D eigenvalue weighted by Crippen LogP contribution is -2.05. The topological polar surface area (TPSA) is 29.9 Å². The van der Waals surface area contributed by atoms with E-state index in [0.717, 1.165) is 24.6 Å². The number of rotatable bonds is 4. The Morgan fingerprint density at radius 2 is 1.94 bits per heavy atom. The van der Waals surface area contributed by atoms with Crippen LogP contribution in [0.2, 0.25) is 0 Å². The van der Waals surface area contributed by atoms with Crippen molar-refractivity contribution in [2.24, 2.45) is 0 Å². The van der Waals surface area contributed by atoms with E-state index in [0.29, 0.717) is 0 Å². The summed E-state index contributed by atoms with van der Waals surface area (Å²) in [6.45, 7) is 5.08. The second-order valence-electron chi connectivity index (χ2n) is 4.21. The molecule has 1 aromatic heterocycles. The Morgan fingerprint density at radius 3 is 2.59 bits per heavy atom. The van der Waals surface area contributed by atoms with Crippen LogP contribution in [-0.2, 0) is 13.0 Å². The summed E-state index contributed by atoms with van der Waals surface area (Å²) in [5, 5.41) is 3.13. The van der Waals surface area contributed by atoms with Gasteiger partial charge in [-0.3, -0.25) is 0 Å². The van der Waals surface area contributed by atoms with Gasteiger partial charge in [0.1, 0.15) is 0 Å². The van der Waals surface area contributed by atoms with Crippen molar-refractivity contribution >= 4 is 5.95 Å². The van der Waals surface area contributed by atoms with Gasteiger partial charge in [-0.05, 0) is 24.5 Å². The van der Waals surface area contributed by atoms with Crippen LogP contribution in [0.3, 0.4) is 0 Å². The summed E-state index contributed by atoms with van der Waals surface area (Å²) >= 11 is 0. The number of benzene rings is 1. The van der Waals surface area contributed by atoms with Gasteiger partial charge in [-0.2, -0.15) is 0 Å². The minimum Gasteiger partial charge on any atom is -0.359 e. The molecule has 2 rings (SSSR count). The van der Waals surface area contributed by atoms with Crippen LogP contribution in [0.5, 0.6) is 0 Å². The number of aryl methyl sites for hydroxylation is 2. The number of hydrogen-bond acceptors (Lipinski definition) is 2. The molecule has 0 aliphatic rings. The molecular formula is C14H19N3. The zero-order chi connectivity index (χ0) is 12.3. The van der Waals surface area contributed by atoms with Crippen LogP contribution in [0.4, 0.5) is 5.95 Å². The van der Waals surface area contributed by atoms with E-state index in [1.54, 1.807) is 0 Å². The molecule has 1 heterocycles. The van der Waals surface area contributed by atoms with Crippen LogP contribution in [0.15, 0.2) is 30.5 Å². The van der Waals surface area contributed by atoms with Gasteiger partial charge in [0.05, 0.1) is 12.2 Å². The predicted molar refractivity (Wildman–Crippen MR) is 71.4 cm³/mol. The molecule has 1 aromatic carbocycles. The highest BCUT2D eigenvalue weighted by atomic mass is 15.2. The number of imidazole rings is 1. The first-order valence-corrected chi connectivity index (χ1v) is 6.03. The van der Waals surface area contributed by atoms with E-state index in [2.05, 4.69) is 52.3 Å². The highest BCUT2D eigenvalue weighted by molar-refractivity contribution is 5.32. The summed E-state index contributed by atoms with van der Waals surface area (Å²) in [7, 11) is 1.91. The summed E-state index contributed by atoms with van der Waals surface area (Å²) in [6, 6.07) is 8.57. The van der Waals surface area contributed by atoms with Gasteiger partial charge in [-0.25, -0.2) is 4.98 Å². The fourth-order valence-electron chi connectivity index (χ4n) is 2.11. The molecule has 0 spiro atoms. The van der Waals surface area contributed by atoms with Crippen LogP contribution in [0.1, 0.15) is 23.7 Å². The van der Waals surface area contributed by atoms with E-state index in [1.165, 1.54) is 11.1 Å². The van der Waals surface area contributed by atoms with Crippen molar-refractivity contribution in [2.45, 2.75) is 26.8 Å². The van der Waals surface area contributed by atoms with Crippen molar-refractivity contribution in [1.29, 1.82) is 0 Å². The molecule has 0 unspecified atom stereocenters. The van der Waals surface area contributed by atoms with E-state index in [9.17, 15) is 0 Å². The minimum atomic E-state index is 0.876. The Bertz CT molecular complexity index is 500. The Balaban J connectivity index is 2.30. The Kier molecular flexibility index (Phi) is 3.47. The SMILES string of the molecule is CCc1ccccc1Cn1cc(C)nc1NC. The largest absolute Gasteiger partial charge is 0.359 e. The smallest absolute Gasteiger partial charge is 0.203 e. The van der Waals surface area contributed by atoms with E-state index in [-0.39, 0.29) is 0 Å². The molecule has 0 saturated carbocycles. The number of nitrogens with one attached hydrogen (secondary N) is 1.